The lowest BCUT2D eigenvalue weighted by Gasteiger charge is -2.35. The summed E-state index contributed by atoms with van der Waals surface area (Å²) >= 11 is 5.83. The van der Waals surface area contributed by atoms with Crippen molar-refractivity contribution in [1.82, 2.24) is 14.6 Å². The molecule has 1 aromatic heterocycles. The van der Waals surface area contributed by atoms with Crippen molar-refractivity contribution in [2.75, 3.05) is 37.6 Å². The molecule has 3 rings (SSSR count). The van der Waals surface area contributed by atoms with Crippen molar-refractivity contribution in [2.45, 2.75) is 11.3 Å². The first-order chi connectivity index (χ1) is 13.0. The highest BCUT2D eigenvalue weighted by Crippen LogP contribution is 2.15. The first-order valence-electron chi connectivity index (χ1n) is 8.65. The molecular formula is C18H21ClN4O3S. The van der Waals surface area contributed by atoms with Gasteiger partial charge in [-0.3, -0.25) is 4.79 Å². The van der Waals surface area contributed by atoms with Crippen LogP contribution in [0.1, 0.15) is 6.42 Å². The molecule has 144 valence electrons. The number of piperazine rings is 1. The molecule has 7 nitrogen and oxygen atoms in total. The number of pyridine rings is 1. The van der Waals surface area contributed by atoms with Crippen LogP contribution in [0, 0.1) is 0 Å². The van der Waals surface area contributed by atoms with Crippen LogP contribution >= 0.6 is 11.6 Å². The van der Waals surface area contributed by atoms with E-state index < -0.39 is 10.0 Å². The number of amides is 1. The minimum Gasteiger partial charge on any atom is -0.353 e. The molecule has 9 heteroatoms. The predicted octanol–water partition coefficient (Wildman–Crippen LogP) is 1.75. The lowest BCUT2D eigenvalue weighted by atomic mass is 10.2. The minimum atomic E-state index is -3.68. The van der Waals surface area contributed by atoms with Gasteiger partial charge in [-0.2, -0.15) is 0 Å². The number of hydrogen-bond acceptors (Lipinski definition) is 5. The van der Waals surface area contributed by atoms with Crippen molar-refractivity contribution in [3.8, 4) is 0 Å². The Morgan fingerprint density at radius 1 is 1.11 bits per heavy atom. The SMILES string of the molecule is O=C(CCNS(=O)(=O)c1cccc(Cl)c1)N1CCN(c2ccccn2)CC1. The molecule has 0 radical (unpaired) electrons. The Morgan fingerprint density at radius 3 is 2.56 bits per heavy atom. The Kier molecular flexibility index (Phi) is 6.30. The van der Waals surface area contributed by atoms with E-state index in [0.29, 0.717) is 31.2 Å². The summed E-state index contributed by atoms with van der Waals surface area (Å²) in [6, 6.07) is 11.8. The molecule has 1 fully saturated rings. The summed E-state index contributed by atoms with van der Waals surface area (Å²) in [6.45, 7) is 2.65. The number of sulfonamides is 1. The van der Waals surface area contributed by atoms with Crippen LogP contribution in [0.4, 0.5) is 5.82 Å². The van der Waals surface area contributed by atoms with E-state index in [4.69, 9.17) is 11.6 Å². The van der Waals surface area contributed by atoms with E-state index in [1.807, 2.05) is 18.2 Å². The average molecular weight is 409 g/mol. The van der Waals surface area contributed by atoms with E-state index in [-0.39, 0.29) is 23.8 Å². The fourth-order valence-electron chi connectivity index (χ4n) is 2.89. The maximum atomic E-state index is 12.4. The van der Waals surface area contributed by atoms with Crippen LogP contribution < -0.4 is 9.62 Å². The minimum absolute atomic E-state index is 0.0497. The Bertz CT molecular complexity index is 884. The molecular weight excluding hydrogens is 388 g/mol. The van der Waals surface area contributed by atoms with Crippen LogP contribution in [-0.2, 0) is 14.8 Å². The summed E-state index contributed by atoms with van der Waals surface area (Å²) in [5.41, 5.74) is 0. The van der Waals surface area contributed by atoms with Crippen LogP contribution in [-0.4, -0.2) is 56.9 Å². The number of carbonyl (C=O) groups is 1. The first-order valence-corrected chi connectivity index (χ1v) is 10.5. The van der Waals surface area contributed by atoms with Crippen molar-refractivity contribution < 1.29 is 13.2 Å². The molecule has 1 aromatic carbocycles. The van der Waals surface area contributed by atoms with Crippen LogP contribution in [0.2, 0.25) is 5.02 Å². The fraction of sp³-hybridized carbons (Fsp3) is 0.333. The molecule has 0 aliphatic carbocycles. The van der Waals surface area contributed by atoms with Gasteiger partial charge in [0.05, 0.1) is 4.90 Å². The lowest BCUT2D eigenvalue weighted by Crippen LogP contribution is -2.49. The Balaban J connectivity index is 1.46. The second-order valence-electron chi connectivity index (χ2n) is 6.16. The molecule has 1 N–H and O–H groups in total. The zero-order valence-electron chi connectivity index (χ0n) is 14.7. The number of nitrogens with zero attached hydrogens (tertiary/aromatic N) is 3. The molecule has 0 saturated carbocycles. The molecule has 1 amide bonds. The molecule has 0 bridgehead atoms. The average Bonchev–Trinajstić information content (AvgIpc) is 2.68. The van der Waals surface area contributed by atoms with E-state index in [9.17, 15) is 13.2 Å². The highest BCUT2D eigenvalue weighted by atomic mass is 35.5. The summed E-state index contributed by atoms with van der Waals surface area (Å²) < 4.78 is 26.9. The summed E-state index contributed by atoms with van der Waals surface area (Å²) in [7, 11) is -3.68. The monoisotopic (exact) mass is 408 g/mol. The van der Waals surface area contributed by atoms with Crippen LogP contribution in [0.3, 0.4) is 0 Å². The van der Waals surface area contributed by atoms with Crippen molar-refractivity contribution in [1.29, 1.82) is 0 Å². The van der Waals surface area contributed by atoms with Crippen LogP contribution in [0.15, 0.2) is 53.6 Å². The molecule has 2 heterocycles. The molecule has 27 heavy (non-hydrogen) atoms. The number of aromatic nitrogens is 1. The lowest BCUT2D eigenvalue weighted by molar-refractivity contribution is -0.131. The number of nitrogens with one attached hydrogen (secondary N) is 1. The van der Waals surface area contributed by atoms with Crippen LogP contribution in [0.5, 0.6) is 0 Å². The first kappa shape index (κ1) is 19.6. The topological polar surface area (TPSA) is 82.6 Å². The van der Waals surface area contributed by atoms with Gasteiger partial charge in [-0.1, -0.05) is 23.7 Å². The second kappa shape index (κ2) is 8.69. The van der Waals surface area contributed by atoms with Gasteiger partial charge in [0.1, 0.15) is 5.82 Å². The second-order valence-corrected chi connectivity index (χ2v) is 8.36. The maximum absolute atomic E-state index is 12.4. The van der Waals surface area contributed by atoms with Gasteiger partial charge >= 0.3 is 0 Å². The van der Waals surface area contributed by atoms with Crippen molar-refractivity contribution in [3.05, 3.63) is 53.7 Å². The number of carbonyl (C=O) groups excluding carboxylic acids is 1. The Hall–Kier alpha value is -2.16. The van der Waals surface area contributed by atoms with Gasteiger partial charge in [0, 0.05) is 50.4 Å². The maximum Gasteiger partial charge on any atom is 0.240 e. The smallest absolute Gasteiger partial charge is 0.240 e. The van der Waals surface area contributed by atoms with Gasteiger partial charge in [-0.05, 0) is 30.3 Å². The molecule has 1 aliphatic rings. The number of rotatable bonds is 6. The third kappa shape index (κ3) is 5.18. The fourth-order valence-corrected chi connectivity index (χ4v) is 4.23. The molecule has 0 spiro atoms. The normalized spacial score (nSPS) is 15.0. The van der Waals surface area contributed by atoms with Crippen LogP contribution in [0.25, 0.3) is 0 Å². The molecule has 0 unspecified atom stereocenters. The Labute approximate surface area is 164 Å². The van der Waals surface area contributed by atoms with Gasteiger partial charge in [0.25, 0.3) is 0 Å². The summed E-state index contributed by atoms with van der Waals surface area (Å²) in [4.78, 5) is 20.7. The summed E-state index contributed by atoms with van der Waals surface area (Å²) in [6.07, 6.45) is 1.86. The van der Waals surface area contributed by atoms with Gasteiger partial charge in [0.2, 0.25) is 15.9 Å². The molecule has 1 aliphatic heterocycles. The third-order valence-electron chi connectivity index (χ3n) is 4.34. The van der Waals surface area contributed by atoms with Gasteiger partial charge in [-0.25, -0.2) is 18.1 Å². The molecule has 2 aromatic rings. The van der Waals surface area contributed by atoms with Gasteiger partial charge < -0.3 is 9.80 Å². The van der Waals surface area contributed by atoms with Crippen molar-refractivity contribution in [2.24, 2.45) is 0 Å². The number of benzene rings is 1. The van der Waals surface area contributed by atoms with Gasteiger partial charge in [-0.15, -0.1) is 0 Å². The van der Waals surface area contributed by atoms with Crippen molar-refractivity contribution in [3.63, 3.8) is 0 Å². The zero-order chi connectivity index (χ0) is 19.3. The highest BCUT2D eigenvalue weighted by Gasteiger charge is 2.22. The molecule has 1 saturated heterocycles. The largest absolute Gasteiger partial charge is 0.353 e. The van der Waals surface area contributed by atoms with E-state index in [1.165, 1.54) is 12.1 Å². The van der Waals surface area contributed by atoms with E-state index in [2.05, 4.69) is 14.6 Å². The number of hydrogen-bond donors (Lipinski definition) is 1. The summed E-state index contributed by atoms with van der Waals surface area (Å²) in [5.74, 6) is 0.836. The van der Waals surface area contributed by atoms with E-state index >= 15 is 0 Å². The van der Waals surface area contributed by atoms with E-state index in [0.717, 1.165) is 5.82 Å². The van der Waals surface area contributed by atoms with Gasteiger partial charge in [0.15, 0.2) is 0 Å². The zero-order valence-corrected chi connectivity index (χ0v) is 16.3. The van der Waals surface area contributed by atoms with Crippen molar-refractivity contribution >= 4 is 33.3 Å². The number of anilines is 1. The third-order valence-corrected chi connectivity index (χ3v) is 6.04. The quantitative estimate of drug-likeness (QED) is 0.787. The highest BCUT2D eigenvalue weighted by molar-refractivity contribution is 7.89. The summed E-state index contributed by atoms with van der Waals surface area (Å²) in [5, 5.41) is 0.347. The predicted molar refractivity (Wildman–Crippen MR) is 104 cm³/mol. The standard InChI is InChI=1S/C18H21ClN4O3S/c19-15-4-3-5-16(14-15)27(25,26)21-9-7-18(24)23-12-10-22(11-13-23)17-6-1-2-8-20-17/h1-6,8,14,21H,7,9-13H2. The molecule has 0 atom stereocenters. The van der Waals surface area contributed by atoms with E-state index in [1.54, 1.807) is 23.2 Å². The number of halogens is 1. The Morgan fingerprint density at radius 2 is 1.89 bits per heavy atom.